The van der Waals surface area contributed by atoms with Gasteiger partial charge in [-0.15, -0.1) is 0 Å². The minimum atomic E-state index is -4.56. The molecule has 1 aliphatic heterocycles. The molecule has 1 unspecified atom stereocenters. The molecular weight excluding hydrogens is 329 g/mol. The molecule has 0 spiro atoms. The van der Waals surface area contributed by atoms with E-state index < -0.39 is 26.8 Å². The van der Waals surface area contributed by atoms with E-state index in [1.807, 2.05) is 0 Å². The molecule has 0 amide bonds. The number of sulfonamides is 1. The van der Waals surface area contributed by atoms with Gasteiger partial charge < -0.3 is 5.32 Å². The summed E-state index contributed by atoms with van der Waals surface area (Å²) in [6, 6.07) is 2.22. The van der Waals surface area contributed by atoms with Gasteiger partial charge >= 0.3 is 6.18 Å². The maximum atomic E-state index is 12.5. The van der Waals surface area contributed by atoms with E-state index in [2.05, 4.69) is 10.0 Å². The second-order valence-electron chi connectivity index (χ2n) is 4.79. The molecule has 2 rings (SSSR count). The zero-order valence-corrected chi connectivity index (χ0v) is 12.4. The van der Waals surface area contributed by atoms with E-state index in [9.17, 15) is 21.6 Å². The Morgan fingerprint density at radius 3 is 2.62 bits per heavy atom. The van der Waals surface area contributed by atoms with Crippen LogP contribution in [0, 0.1) is 0 Å². The summed E-state index contributed by atoms with van der Waals surface area (Å²) in [4.78, 5) is -0.352. The average Bonchev–Trinajstić information content (AvgIpc) is 2.88. The molecular formula is C12H14ClF3N2O2S. The van der Waals surface area contributed by atoms with Crippen molar-refractivity contribution in [1.29, 1.82) is 0 Å². The predicted molar refractivity (Wildman–Crippen MR) is 72.7 cm³/mol. The van der Waals surface area contributed by atoms with Gasteiger partial charge in [0.25, 0.3) is 0 Å². The van der Waals surface area contributed by atoms with Crippen molar-refractivity contribution in [2.45, 2.75) is 30.0 Å². The van der Waals surface area contributed by atoms with Gasteiger partial charge in [0, 0.05) is 12.6 Å². The molecule has 1 aromatic carbocycles. The number of hydrogen-bond donors (Lipinski definition) is 2. The summed E-state index contributed by atoms with van der Waals surface area (Å²) in [5.74, 6) is 0. The third-order valence-electron chi connectivity index (χ3n) is 3.23. The summed E-state index contributed by atoms with van der Waals surface area (Å²) in [5.41, 5.74) is -0.982. The zero-order chi connectivity index (χ0) is 15.7. The van der Waals surface area contributed by atoms with Crippen LogP contribution >= 0.6 is 11.6 Å². The largest absolute Gasteiger partial charge is 0.416 e. The first-order chi connectivity index (χ1) is 9.70. The minimum absolute atomic E-state index is 0.0352. The standard InChI is InChI=1S/C12H14ClF3N2O2S/c13-10-6-8(12(14,15)16)3-4-11(10)21(19,20)18-7-9-2-1-5-17-9/h3-4,6,9,17-18H,1-2,5,7H2. The van der Waals surface area contributed by atoms with Crippen LogP contribution in [0.25, 0.3) is 0 Å². The normalized spacial score (nSPS) is 19.9. The summed E-state index contributed by atoms with van der Waals surface area (Å²) < 4.78 is 64.0. The number of alkyl halides is 3. The van der Waals surface area contributed by atoms with Crippen LogP contribution in [0.15, 0.2) is 23.1 Å². The molecule has 1 fully saturated rings. The van der Waals surface area contributed by atoms with Crippen molar-refractivity contribution in [1.82, 2.24) is 10.0 Å². The van der Waals surface area contributed by atoms with Gasteiger partial charge in [-0.2, -0.15) is 13.2 Å². The third kappa shape index (κ3) is 4.09. The molecule has 1 aromatic rings. The Balaban J connectivity index is 2.16. The predicted octanol–water partition coefficient (Wildman–Crippen LogP) is 2.39. The first-order valence-corrected chi connectivity index (χ1v) is 8.16. The maximum Gasteiger partial charge on any atom is 0.416 e. The molecule has 2 N–H and O–H groups in total. The Morgan fingerprint density at radius 1 is 1.38 bits per heavy atom. The highest BCUT2D eigenvalue weighted by molar-refractivity contribution is 7.89. The lowest BCUT2D eigenvalue weighted by Crippen LogP contribution is -2.37. The molecule has 0 saturated carbocycles. The second kappa shape index (κ2) is 6.12. The fraction of sp³-hybridized carbons (Fsp3) is 0.500. The highest BCUT2D eigenvalue weighted by Crippen LogP contribution is 2.33. The molecule has 118 valence electrons. The molecule has 21 heavy (non-hydrogen) atoms. The number of nitrogens with one attached hydrogen (secondary N) is 2. The van der Waals surface area contributed by atoms with Gasteiger partial charge in [0.05, 0.1) is 10.6 Å². The fourth-order valence-electron chi connectivity index (χ4n) is 2.11. The van der Waals surface area contributed by atoms with Crippen molar-refractivity contribution in [3.05, 3.63) is 28.8 Å². The van der Waals surface area contributed by atoms with E-state index in [0.717, 1.165) is 25.5 Å². The quantitative estimate of drug-likeness (QED) is 0.883. The molecule has 1 saturated heterocycles. The highest BCUT2D eigenvalue weighted by atomic mass is 35.5. The molecule has 1 heterocycles. The topological polar surface area (TPSA) is 58.2 Å². The van der Waals surface area contributed by atoms with Crippen LogP contribution in [0.1, 0.15) is 18.4 Å². The Morgan fingerprint density at radius 2 is 2.10 bits per heavy atom. The molecule has 0 aliphatic carbocycles. The van der Waals surface area contributed by atoms with Crippen molar-refractivity contribution in [2.75, 3.05) is 13.1 Å². The highest BCUT2D eigenvalue weighted by Gasteiger charge is 2.32. The average molecular weight is 343 g/mol. The van der Waals surface area contributed by atoms with Gasteiger partial charge in [0.15, 0.2) is 0 Å². The summed E-state index contributed by atoms with van der Waals surface area (Å²) in [7, 11) is -3.93. The molecule has 1 atom stereocenters. The van der Waals surface area contributed by atoms with E-state index in [-0.39, 0.29) is 17.5 Å². The monoisotopic (exact) mass is 342 g/mol. The van der Waals surface area contributed by atoms with Gasteiger partial charge in [-0.25, -0.2) is 13.1 Å². The summed E-state index contributed by atoms with van der Waals surface area (Å²) in [5, 5.41) is 2.67. The Bertz CT molecular complexity index is 613. The number of benzene rings is 1. The zero-order valence-electron chi connectivity index (χ0n) is 10.9. The number of hydrogen-bond acceptors (Lipinski definition) is 3. The lowest BCUT2D eigenvalue weighted by atomic mass is 10.2. The van der Waals surface area contributed by atoms with Crippen LogP contribution in [-0.2, 0) is 16.2 Å². The van der Waals surface area contributed by atoms with Gasteiger partial charge in [-0.05, 0) is 37.6 Å². The first kappa shape index (κ1) is 16.5. The van der Waals surface area contributed by atoms with Crippen molar-refractivity contribution in [3.8, 4) is 0 Å². The van der Waals surface area contributed by atoms with Crippen LogP contribution in [0.2, 0.25) is 5.02 Å². The fourth-order valence-corrected chi connectivity index (χ4v) is 3.74. The first-order valence-electron chi connectivity index (χ1n) is 6.30. The lowest BCUT2D eigenvalue weighted by Gasteiger charge is -2.14. The van der Waals surface area contributed by atoms with Crippen molar-refractivity contribution in [2.24, 2.45) is 0 Å². The van der Waals surface area contributed by atoms with Crippen LogP contribution in [0.3, 0.4) is 0 Å². The van der Waals surface area contributed by atoms with Crippen LogP contribution < -0.4 is 10.0 Å². The Hall–Kier alpha value is -0.830. The smallest absolute Gasteiger partial charge is 0.313 e. The van der Waals surface area contributed by atoms with Crippen LogP contribution in [-0.4, -0.2) is 27.5 Å². The van der Waals surface area contributed by atoms with Crippen molar-refractivity contribution >= 4 is 21.6 Å². The maximum absolute atomic E-state index is 12.5. The van der Waals surface area contributed by atoms with E-state index >= 15 is 0 Å². The van der Waals surface area contributed by atoms with Gasteiger partial charge in [-0.1, -0.05) is 11.6 Å². The SMILES string of the molecule is O=S(=O)(NCC1CCCN1)c1ccc(C(F)(F)F)cc1Cl. The number of rotatable bonds is 4. The Labute approximate surface area is 125 Å². The van der Waals surface area contributed by atoms with E-state index in [4.69, 9.17) is 11.6 Å². The molecule has 0 aromatic heterocycles. The molecule has 0 radical (unpaired) electrons. The van der Waals surface area contributed by atoms with Gasteiger partial charge in [0.1, 0.15) is 4.90 Å². The minimum Gasteiger partial charge on any atom is -0.313 e. The van der Waals surface area contributed by atoms with Gasteiger partial charge in [0.2, 0.25) is 10.0 Å². The molecule has 0 bridgehead atoms. The van der Waals surface area contributed by atoms with Crippen molar-refractivity contribution in [3.63, 3.8) is 0 Å². The lowest BCUT2D eigenvalue weighted by molar-refractivity contribution is -0.137. The molecule has 1 aliphatic rings. The second-order valence-corrected chi connectivity index (χ2v) is 6.93. The van der Waals surface area contributed by atoms with Crippen molar-refractivity contribution < 1.29 is 21.6 Å². The summed E-state index contributed by atoms with van der Waals surface area (Å²) in [6.07, 6.45) is -2.75. The molecule has 9 heteroatoms. The Kier molecular flexibility index (Phi) is 4.82. The summed E-state index contributed by atoms with van der Waals surface area (Å²) in [6.45, 7) is 1.01. The van der Waals surface area contributed by atoms with Gasteiger partial charge in [-0.3, -0.25) is 0 Å². The molecule has 4 nitrogen and oxygen atoms in total. The van der Waals surface area contributed by atoms with E-state index in [0.29, 0.717) is 12.1 Å². The van der Waals surface area contributed by atoms with E-state index in [1.54, 1.807) is 0 Å². The van der Waals surface area contributed by atoms with Crippen LogP contribution in [0.5, 0.6) is 0 Å². The van der Waals surface area contributed by atoms with Crippen LogP contribution in [0.4, 0.5) is 13.2 Å². The summed E-state index contributed by atoms with van der Waals surface area (Å²) >= 11 is 5.68. The number of halogens is 4. The third-order valence-corrected chi connectivity index (χ3v) is 5.14. The van der Waals surface area contributed by atoms with E-state index in [1.165, 1.54) is 0 Å².